The first kappa shape index (κ1) is 45.3. The van der Waals surface area contributed by atoms with Gasteiger partial charge in [-0.25, -0.2) is 0 Å². The third-order valence-corrected chi connectivity index (χ3v) is 16.7. The van der Waals surface area contributed by atoms with Crippen molar-refractivity contribution in [3.63, 3.8) is 0 Å². The molecule has 3 aliphatic carbocycles. The van der Waals surface area contributed by atoms with Gasteiger partial charge < -0.3 is 18.6 Å². The van der Waals surface area contributed by atoms with Gasteiger partial charge in [0.15, 0.2) is 11.2 Å². The molecule has 14 rings (SSSR count). The number of furan rings is 2. The van der Waals surface area contributed by atoms with Crippen LogP contribution in [0.5, 0.6) is 0 Å². The second kappa shape index (κ2) is 18.8. The maximum absolute atomic E-state index is 7.22. The van der Waals surface area contributed by atoms with Crippen LogP contribution in [0.4, 0.5) is 28.4 Å². The van der Waals surface area contributed by atoms with E-state index in [0.29, 0.717) is 11.8 Å². The van der Waals surface area contributed by atoms with E-state index >= 15 is 0 Å². The normalized spacial score (nSPS) is 15.6. The highest BCUT2D eigenvalue weighted by Gasteiger charge is 2.29. The fourth-order valence-corrected chi connectivity index (χ4v) is 13.0. The molecule has 73 heavy (non-hydrogen) atoms. The molecule has 0 atom stereocenters. The number of benzene rings is 9. The van der Waals surface area contributed by atoms with Gasteiger partial charge in [0.1, 0.15) is 11.2 Å². The van der Waals surface area contributed by atoms with E-state index in [4.69, 9.17) is 8.83 Å². The van der Waals surface area contributed by atoms with Crippen molar-refractivity contribution in [3.8, 4) is 0 Å². The van der Waals surface area contributed by atoms with Crippen LogP contribution in [0.15, 0.2) is 190 Å². The van der Waals surface area contributed by atoms with Crippen molar-refractivity contribution in [3.05, 3.63) is 198 Å². The highest BCUT2D eigenvalue weighted by atomic mass is 16.3. The second-order valence-corrected chi connectivity index (χ2v) is 20.6. The average molecular weight is 953 g/mol. The Morgan fingerprint density at radius 2 is 0.918 bits per heavy atom. The van der Waals surface area contributed by atoms with Crippen LogP contribution in [0.25, 0.3) is 76.2 Å². The highest BCUT2D eigenvalue weighted by Crippen LogP contribution is 2.51. The quantitative estimate of drug-likeness (QED) is 0.128. The minimum atomic E-state index is 0.541. The molecule has 0 radical (unpaired) electrons. The molecule has 362 valence electrons. The van der Waals surface area contributed by atoms with Crippen molar-refractivity contribution in [2.24, 2.45) is 0 Å². The number of aryl methyl sites for hydroxylation is 1. The van der Waals surface area contributed by atoms with Crippen molar-refractivity contribution >= 4 is 105 Å². The largest absolute Gasteiger partial charge is 0.454 e. The van der Waals surface area contributed by atoms with Gasteiger partial charge in [0.25, 0.3) is 0 Å². The zero-order valence-electron chi connectivity index (χ0n) is 42.8. The summed E-state index contributed by atoms with van der Waals surface area (Å²) < 4.78 is 14.4. The number of nitrogens with zero attached hydrogens (tertiary/aromatic N) is 2. The Labute approximate surface area is 429 Å². The van der Waals surface area contributed by atoms with Crippen molar-refractivity contribution in [2.45, 2.75) is 110 Å². The first-order valence-electron chi connectivity index (χ1n) is 27.5. The van der Waals surface area contributed by atoms with Gasteiger partial charge in [-0.15, -0.1) is 0 Å². The molecule has 0 bridgehead atoms. The van der Waals surface area contributed by atoms with Crippen LogP contribution in [0.1, 0.15) is 120 Å². The molecule has 0 saturated heterocycles. The lowest BCUT2D eigenvalue weighted by Gasteiger charge is -2.29. The Kier molecular flexibility index (Phi) is 11.7. The number of rotatable bonds is 10. The molecule has 3 aliphatic rings. The summed E-state index contributed by atoms with van der Waals surface area (Å²) >= 11 is 0. The Morgan fingerprint density at radius 1 is 0.438 bits per heavy atom. The molecule has 4 nitrogen and oxygen atoms in total. The number of anilines is 5. The van der Waals surface area contributed by atoms with E-state index < -0.39 is 0 Å². The summed E-state index contributed by atoms with van der Waals surface area (Å²) in [5, 5.41) is 12.1. The number of para-hydroxylation sites is 4. The predicted molar refractivity (Wildman–Crippen MR) is 311 cm³/mol. The van der Waals surface area contributed by atoms with E-state index in [9.17, 15) is 0 Å². The maximum atomic E-state index is 7.22. The van der Waals surface area contributed by atoms with E-state index in [-0.39, 0.29) is 0 Å². The lowest BCUT2D eigenvalue weighted by atomic mass is 9.91. The number of hydrogen-bond donors (Lipinski definition) is 0. The third-order valence-electron chi connectivity index (χ3n) is 16.7. The molecular weight excluding hydrogens is 889 g/mol. The van der Waals surface area contributed by atoms with Crippen LogP contribution in [0, 0.1) is 0 Å². The molecule has 2 aromatic heterocycles. The van der Waals surface area contributed by atoms with Crippen LogP contribution in [0.2, 0.25) is 0 Å². The monoisotopic (exact) mass is 952 g/mol. The molecule has 11 aromatic rings. The van der Waals surface area contributed by atoms with Gasteiger partial charge in [0, 0.05) is 43.7 Å². The van der Waals surface area contributed by atoms with Crippen molar-refractivity contribution in [2.75, 3.05) is 9.80 Å². The predicted octanol–water partition coefficient (Wildman–Crippen LogP) is 21.1. The fraction of sp³-hybridized carbons (Fsp3) is 0.246. The lowest BCUT2D eigenvalue weighted by molar-refractivity contribution is 0.643. The van der Waals surface area contributed by atoms with Gasteiger partial charge >= 0.3 is 0 Å². The lowest BCUT2D eigenvalue weighted by Crippen LogP contribution is -2.16. The van der Waals surface area contributed by atoms with Crippen LogP contribution >= 0.6 is 0 Å². The second-order valence-electron chi connectivity index (χ2n) is 20.6. The van der Waals surface area contributed by atoms with E-state index in [1.807, 2.05) is 13.8 Å². The van der Waals surface area contributed by atoms with Crippen molar-refractivity contribution < 1.29 is 8.83 Å². The molecule has 0 spiro atoms. The smallest absolute Gasteiger partial charge is 0.159 e. The van der Waals surface area contributed by atoms with Gasteiger partial charge in [0.05, 0.1) is 22.7 Å². The topological polar surface area (TPSA) is 32.8 Å². The maximum Gasteiger partial charge on any atom is 0.159 e. The summed E-state index contributed by atoms with van der Waals surface area (Å²) in [6.07, 6.45) is 22.3. The molecule has 2 heterocycles. The summed E-state index contributed by atoms with van der Waals surface area (Å²) in [6.45, 7) is 8.49. The summed E-state index contributed by atoms with van der Waals surface area (Å²) in [4.78, 5) is 4.93. The first-order chi connectivity index (χ1) is 36.1. The Morgan fingerprint density at radius 3 is 1.44 bits per heavy atom. The van der Waals surface area contributed by atoms with Crippen molar-refractivity contribution in [1.29, 1.82) is 0 Å². The SMILES string of the molecule is CC.CCC1=CC=C(N(c2ccc3ccc4c(N(c5ccc(CC)cc5)c5cccc6c5oc5c(C7CCCC7)cccc56)ccc5ccc2c3c54)c2cccc3c2oc2c(C4CCCC4)cccc23)C=CC1. The summed E-state index contributed by atoms with van der Waals surface area (Å²) in [6, 6.07) is 54.9. The fourth-order valence-electron chi connectivity index (χ4n) is 13.0. The molecule has 0 aliphatic heterocycles. The summed E-state index contributed by atoms with van der Waals surface area (Å²) in [5.41, 5.74) is 16.0. The van der Waals surface area contributed by atoms with Crippen LogP contribution in [-0.2, 0) is 6.42 Å². The zero-order valence-corrected chi connectivity index (χ0v) is 42.8. The Bertz CT molecular complexity index is 3960. The molecule has 2 fully saturated rings. The Balaban J connectivity index is 0.00000255. The standard InChI is InChI=1S/C67H58N2O2.C2H6/c1-3-42-14-9-19-48(35-28-42)68(60-26-12-24-54-52-22-10-20-50(44-15-5-6-16-44)64(52)70-66(54)60)58-40-33-46-32-39-57-59(41-34-47-31-38-56(58)62(46)63(47)57)69(49-36-29-43(4-2)30-37-49)61-27-13-25-55-53-23-11-21-51(45-17-7-8-18-45)65(53)71-67(55)61;1-2/h9-13,19-41,44-45H,3-8,14-18H2,1-2H3;1-2H3. The Hall–Kier alpha value is -7.56. The van der Waals surface area contributed by atoms with Gasteiger partial charge in [-0.05, 0) is 144 Å². The molecule has 2 saturated carbocycles. The molecule has 9 aromatic carbocycles. The number of hydrogen-bond acceptors (Lipinski definition) is 4. The number of allylic oxidation sites excluding steroid dienone is 5. The molecule has 0 N–H and O–H groups in total. The van der Waals surface area contributed by atoms with Crippen molar-refractivity contribution in [1.82, 2.24) is 0 Å². The molecular formula is C69H64N2O2. The summed E-state index contributed by atoms with van der Waals surface area (Å²) in [5.74, 6) is 1.08. The van der Waals surface area contributed by atoms with Crippen LogP contribution in [0.3, 0.4) is 0 Å². The van der Waals surface area contributed by atoms with E-state index in [1.54, 1.807) is 0 Å². The first-order valence-corrected chi connectivity index (χ1v) is 27.5. The minimum absolute atomic E-state index is 0.541. The van der Waals surface area contributed by atoms with Gasteiger partial charge in [0.2, 0.25) is 0 Å². The summed E-state index contributed by atoms with van der Waals surface area (Å²) in [7, 11) is 0. The average Bonchev–Trinajstić information content (AvgIpc) is 4.29. The van der Waals surface area contributed by atoms with Crippen LogP contribution < -0.4 is 9.80 Å². The van der Waals surface area contributed by atoms with E-state index in [2.05, 4.69) is 194 Å². The third kappa shape index (κ3) is 7.47. The van der Waals surface area contributed by atoms with E-state index in [1.165, 1.54) is 117 Å². The van der Waals surface area contributed by atoms with E-state index in [0.717, 1.165) is 86.5 Å². The number of fused-ring (bicyclic) bond motifs is 6. The minimum Gasteiger partial charge on any atom is -0.454 e. The highest BCUT2D eigenvalue weighted by molar-refractivity contribution is 6.28. The zero-order chi connectivity index (χ0) is 49.2. The van der Waals surface area contributed by atoms with Gasteiger partial charge in [-0.2, -0.15) is 0 Å². The molecule has 0 unspecified atom stereocenters. The molecule has 0 amide bonds. The van der Waals surface area contributed by atoms with Crippen LogP contribution in [-0.4, -0.2) is 0 Å². The van der Waals surface area contributed by atoms with Gasteiger partial charge in [-0.1, -0.05) is 180 Å². The van der Waals surface area contributed by atoms with Gasteiger partial charge in [-0.3, -0.25) is 0 Å². The molecule has 4 heteroatoms.